The third-order valence-corrected chi connectivity index (χ3v) is 5.51. The van der Waals surface area contributed by atoms with Crippen molar-refractivity contribution < 1.29 is 14.3 Å². The fourth-order valence-electron chi connectivity index (χ4n) is 3.99. The summed E-state index contributed by atoms with van der Waals surface area (Å²) < 4.78 is 7.18. The summed E-state index contributed by atoms with van der Waals surface area (Å²) in [6.45, 7) is 0.282. The number of benzene rings is 2. The second kappa shape index (κ2) is 8.14. The zero-order chi connectivity index (χ0) is 22.1. The Hall–Kier alpha value is -4.20. The summed E-state index contributed by atoms with van der Waals surface area (Å²) in [5, 5.41) is 2.92. The van der Waals surface area contributed by atoms with Gasteiger partial charge in [0.15, 0.2) is 0 Å². The average Bonchev–Trinajstić information content (AvgIpc) is 3.21. The van der Waals surface area contributed by atoms with Crippen LogP contribution < -0.4 is 15.0 Å². The number of fused-ring (bicyclic) bond motifs is 3. The van der Waals surface area contributed by atoms with Crippen LogP contribution in [0.2, 0.25) is 0 Å². The maximum atomic E-state index is 13.4. The summed E-state index contributed by atoms with van der Waals surface area (Å²) in [4.78, 5) is 37.1. The van der Waals surface area contributed by atoms with Crippen molar-refractivity contribution in [1.29, 1.82) is 0 Å². The number of amides is 2. The molecule has 1 unspecified atom stereocenters. The molecule has 5 rings (SSSR count). The number of nitrogens with zero attached hydrogens (tertiary/aromatic N) is 4. The van der Waals surface area contributed by atoms with E-state index < -0.39 is 6.04 Å². The van der Waals surface area contributed by atoms with Crippen LogP contribution in [0.5, 0.6) is 5.75 Å². The standard InChI is InChI=1S/C24H21N5O3/c1-32-21-12-5-3-10-18(21)26-23(31)20-14-22(30)28(15-16-8-6-7-13-25-16)24-27-17-9-2-4-11-19(17)29(20)24/h2-13,20H,14-15H2,1H3,(H,26,31). The molecule has 0 aliphatic carbocycles. The Morgan fingerprint density at radius 1 is 1.09 bits per heavy atom. The Morgan fingerprint density at radius 3 is 2.69 bits per heavy atom. The van der Waals surface area contributed by atoms with Crippen molar-refractivity contribution in [3.8, 4) is 5.75 Å². The lowest BCUT2D eigenvalue weighted by molar-refractivity contribution is -0.126. The Balaban J connectivity index is 1.55. The van der Waals surface area contributed by atoms with Crippen LogP contribution in [-0.4, -0.2) is 33.5 Å². The predicted molar refractivity (Wildman–Crippen MR) is 120 cm³/mol. The lowest BCUT2D eigenvalue weighted by Crippen LogP contribution is -2.42. The number of hydrogen-bond acceptors (Lipinski definition) is 5. The minimum atomic E-state index is -0.741. The van der Waals surface area contributed by atoms with Crippen LogP contribution in [0.15, 0.2) is 72.9 Å². The van der Waals surface area contributed by atoms with Gasteiger partial charge in [0.25, 0.3) is 0 Å². The third-order valence-electron chi connectivity index (χ3n) is 5.51. The molecule has 8 heteroatoms. The van der Waals surface area contributed by atoms with Gasteiger partial charge in [0.05, 0.1) is 42.5 Å². The minimum Gasteiger partial charge on any atom is -0.495 e. The van der Waals surface area contributed by atoms with Crippen molar-refractivity contribution >= 4 is 34.5 Å². The average molecular weight is 427 g/mol. The van der Waals surface area contributed by atoms with Gasteiger partial charge in [-0.3, -0.25) is 24.0 Å². The number of carbonyl (C=O) groups excluding carboxylic acids is 2. The molecule has 8 nitrogen and oxygen atoms in total. The SMILES string of the molecule is COc1ccccc1NC(=O)C1CC(=O)N(Cc2ccccn2)c2nc3ccccc3n21. The van der Waals surface area contributed by atoms with Crippen molar-refractivity contribution in [2.24, 2.45) is 0 Å². The van der Waals surface area contributed by atoms with Crippen LogP contribution >= 0.6 is 0 Å². The van der Waals surface area contributed by atoms with Gasteiger partial charge in [-0.1, -0.05) is 30.3 Å². The quantitative estimate of drug-likeness (QED) is 0.526. The lowest BCUT2D eigenvalue weighted by Gasteiger charge is -2.32. The minimum absolute atomic E-state index is 0.0150. The van der Waals surface area contributed by atoms with Crippen molar-refractivity contribution in [2.75, 3.05) is 17.3 Å². The van der Waals surface area contributed by atoms with Gasteiger partial charge >= 0.3 is 0 Å². The second-order valence-electron chi connectivity index (χ2n) is 7.48. The van der Waals surface area contributed by atoms with Gasteiger partial charge in [-0.15, -0.1) is 0 Å². The molecule has 0 saturated carbocycles. The second-order valence-corrected chi connectivity index (χ2v) is 7.48. The van der Waals surface area contributed by atoms with E-state index in [1.54, 1.807) is 30.3 Å². The number of anilines is 2. The molecule has 1 aliphatic heterocycles. The van der Waals surface area contributed by atoms with E-state index in [0.717, 1.165) is 16.7 Å². The molecule has 2 aromatic heterocycles. The van der Waals surface area contributed by atoms with E-state index in [-0.39, 0.29) is 24.8 Å². The first-order chi connectivity index (χ1) is 15.7. The van der Waals surface area contributed by atoms with Gasteiger partial charge in [-0.2, -0.15) is 0 Å². The molecule has 32 heavy (non-hydrogen) atoms. The number of pyridine rings is 1. The monoisotopic (exact) mass is 427 g/mol. The molecule has 0 saturated heterocycles. The molecule has 2 aromatic carbocycles. The van der Waals surface area contributed by atoms with Gasteiger partial charge in [-0.05, 0) is 36.4 Å². The Kier molecular flexibility index (Phi) is 5.03. The highest BCUT2D eigenvalue weighted by Crippen LogP contribution is 2.35. The van der Waals surface area contributed by atoms with Gasteiger partial charge < -0.3 is 10.1 Å². The van der Waals surface area contributed by atoms with Crippen LogP contribution in [0, 0.1) is 0 Å². The fraction of sp³-hybridized carbons (Fsp3) is 0.167. The molecule has 1 aliphatic rings. The molecule has 160 valence electrons. The highest BCUT2D eigenvalue weighted by molar-refractivity contribution is 6.04. The summed E-state index contributed by atoms with van der Waals surface area (Å²) in [6, 6.07) is 19.6. The maximum absolute atomic E-state index is 13.4. The highest BCUT2D eigenvalue weighted by atomic mass is 16.5. The summed E-state index contributed by atoms with van der Waals surface area (Å²) in [6.07, 6.45) is 1.71. The van der Waals surface area contributed by atoms with Crippen LogP contribution in [0.25, 0.3) is 11.0 Å². The zero-order valence-electron chi connectivity index (χ0n) is 17.4. The Morgan fingerprint density at radius 2 is 1.88 bits per heavy atom. The summed E-state index contributed by atoms with van der Waals surface area (Å²) in [5.74, 6) is 0.507. The number of methoxy groups -OCH3 is 1. The Bertz CT molecular complexity index is 1300. The van der Waals surface area contributed by atoms with Crippen LogP contribution in [0.1, 0.15) is 18.2 Å². The van der Waals surface area contributed by atoms with E-state index in [0.29, 0.717) is 17.4 Å². The first-order valence-electron chi connectivity index (χ1n) is 10.3. The zero-order valence-corrected chi connectivity index (χ0v) is 17.4. The van der Waals surface area contributed by atoms with E-state index in [4.69, 9.17) is 9.72 Å². The molecule has 0 radical (unpaired) electrons. The molecule has 0 fully saturated rings. The molecular weight excluding hydrogens is 406 g/mol. The lowest BCUT2D eigenvalue weighted by atomic mass is 10.1. The molecule has 3 heterocycles. The van der Waals surface area contributed by atoms with E-state index in [2.05, 4.69) is 10.3 Å². The first kappa shape index (κ1) is 19.7. The Labute approximate surface area is 184 Å². The van der Waals surface area contributed by atoms with Gasteiger partial charge in [-0.25, -0.2) is 4.98 Å². The molecular formula is C24H21N5O3. The first-order valence-corrected chi connectivity index (χ1v) is 10.3. The summed E-state index contributed by atoms with van der Waals surface area (Å²) in [5.41, 5.74) is 2.81. The maximum Gasteiger partial charge on any atom is 0.248 e. The van der Waals surface area contributed by atoms with E-state index in [1.807, 2.05) is 59.2 Å². The van der Waals surface area contributed by atoms with Gasteiger partial charge in [0, 0.05) is 6.20 Å². The van der Waals surface area contributed by atoms with Crippen LogP contribution in [0.3, 0.4) is 0 Å². The predicted octanol–water partition coefficient (Wildman–Crippen LogP) is 3.56. The largest absolute Gasteiger partial charge is 0.495 e. The summed E-state index contributed by atoms with van der Waals surface area (Å²) in [7, 11) is 1.55. The number of nitrogens with one attached hydrogen (secondary N) is 1. The molecule has 1 atom stereocenters. The molecule has 4 aromatic rings. The third kappa shape index (κ3) is 3.45. The van der Waals surface area contributed by atoms with Crippen molar-refractivity contribution in [3.63, 3.8) is 0 Å². The number of para-hydroxylation sites is 4. The van der Waals surface area contributed by atoms with Crippen LogP contribution in [-0.2, 0) is 16.1 Å². The molecule has 0 spiro atoms. The highest BCUT2D eigenvalue weighted by Gasteiger charge is 2.38. The number of rotatable bonds is 5. The number of imidazole rings is 1. The number of ether oxygens (including phenoxy) is 1. The molecule has 2 amide bonds. The van der Waals surface area contributed by atoms with E-state index in [9.17, 15) is 9.59 Å². The fourth-order valence-corrected chi connectivity index (χ4v) is 3.99. The number of hydrogen-bond donors (Lipinski definition) is 1. The topological polar surface area (TPSA) is 89.3 Å². The van der Waals surface area contributed by atoms with Gasteiger partial charge in [0.2, 0.25) is 17.8 Å². The number of aromatic nitrogens is 3. The van der Waals surface area contributed by atoms with E-state index in [1.165, 1.54) is 0 Å². The van der Waals surface area contributed by atoms with Crippen LogP contribution in [0.4, 0.5) is 11.6 Å². The molecule has 1 N–H and O–H groups in total. The van der Waals surface area contributed by atoms with Crippen molar-refractivity contribution in [1.82, 2.24) is 14.5 Å². The summed E-state index contributed by atoms with van der Waals surface area (Å²) >= 11 is 0. The normalized spacial score (nSPS) is 15.5. The number of carbonyl (C=O) groups is 2. The smallest absolute Gasteiger partial charge is 0.248 e. The molecule has 0 bridgehead atoms. The van der Waals surface area contributed by atoms with Crippen molar-refractivity contribution in [3.05, 3.63) is 78.6 Å². The van der Waals surface area contributed by atoms with Crippen molar-refractivity contribution in [2.45, 2.75) is 19.0 Å². The van der Waals surface area contributed by atoms with Gasteiger partial charge in [0.1, 0.15) is 11.8 Å². The van der Waals surface area contributed by atoms with E-state index >= 15 is 0 Å².